The summed E-state index contributed by atoms with van der Waals surface area (Å²) in [5, 5.41) is 25.3. The maximum atomic E-state index is 13.6. The van der Waals surface area contributed by atoms with Crippen molar-refractivity contribution >= 4 is 62.2 Å². The van der Waals surface area contributed by atoms with Crippen LogP contribution in [0.5, 0.6) is 28.7 Å². The topological polar surface area (TPSA) is 198 Å². The number of rotatable bonds is 37. The molecule has 11 rings (SSSR count). The van der Waals surface area contributed by atoms with Gasteiger partial charge in [0.2, 0.25) is 0 Å². The molecule has 0 aliphatic heterocycles. The molecular weight excluding hydrogens is 1280 g/mol. The van der Waals surface area contributed by atoms with Crippen molar-refractivity contribution in [3.05, 3.63) is 257 Å². The molecule has 14 heteroatoms. The monoisotopic (exact) mass is 1360 g/mol. The van der Waals surface area contributed by atoms with Crippen LogP contribution < -0.4 is 23.7 Å². The summed E-state index contributed by atoms with van der Waals surface area (Å²) in [6.07, 6.45) is 16.6. The summed E-state index contributed by atoms with van der Waals surface area (Å²) in [6.45, 7) is 1.54. The van der Waals surface area contributed by atoms with Crippen LogP contribution in [0.2, 0.25) is 0 Å². The van der Waals surface area contributed by atoms with Gasteiger partial charge in [-0.25, -0.2) is 19.2 Å². The minimum Gasteiger partial charge on any atom is -0.494 e. The van der Waals surface area contributed by atoms with Gasteiger partial charge in [-0.3, -0.25) is 4.79 Å². The van der Waals surface area contributed by atoms with Gasteiger partial charge in [0.05, 0.1) is 71.9 Å². The number of nitrogens with zero attached hydrogens (tertiary/aromatic N) is 2. The van der Waals surface area contributed by atoms with E-state index >= 15 is 0 Å². The SMILES string of the molecule is N#Cc1ccc(-c2ccc(OC(=O)c3ccc(OCCCCCCCCCCOC(=O)c4cc(OC(=O)CCCc5ccc6ccc7cccc8ccc5c6c78)cc(C(=O)OCCCCCCCCCCOc5ccc(C(=O)Oc6ccc(-c7ccc(C#N)cc7)cc6)cc5)c4)cc3)cc2)cc1. The number of ether oxygens (including phenoxy) is 7. The second-order valence-electron chi connectivity index (χ2n) is 25.5. The lowest BCUT2D eigenvalue weighted by atomic mass is 9.90. The predicted molar refractivity (Wildman–Crippen MR) is 397 cm³/mol. The van der Waals surface area contributed by atoms with Gasteiger partial charge in [0.25, 0.3) is 0 Å². The molecule has 11 aromatic carbocycles. The van der Waals surface area contributed by atoms with Crippen LogP contribution in [0.3, 0.4) is 0 Å². The van der Waals surface area contributed by atoms with Gasteiger partial charge in [0, 0.05) is 6.42 Å². The highest BCUT2D eigenvalue weighted by Crippen LogP contribution is 2.37. The van der Waals surface area contributed by atoms with Crippen LogP contribution in [0.1, 0.15) is 174 Å². The average molecular weight is 1360 g/mol. The van der Waals surface area contributed by atoms with E-state index in [0.29, 0.717) is 84.1 Å². The number of nitriles is 2. The minimum atomic E-state index is -0.614. The van der Waals surface area contributed by atoms with Crippen LogP contribution in [0.25, 0.3) is 54.6 Å². The van der Waals surface area contributed by atoms with Gasteiger partial charge in [-0.05, 0) is 214 Å². The number of carbonyl (C=O) groups is 5. The highest BCUT2D eigenvalue weighted by Gasteiger charge is 2.20. The van der Waals surface area contributed by atoms with Crippen molar-refractivity contribution in [3.8, 4) is 63.1 Å². The van der Waals surface area contributed by atoms with E-state index in [9.17, 15) is 24.0 Å². The lowest BCUT2D eigenvalue weighted by Gasteiger charge is -2.14. The van der Waals surface area contributed by atoms with Crippen molar-refractivity contribution in [1.29, 1.82) is 10.5 Å². The first-order valence-electron chi connectivity index (χ1n) is 35.5. The van der Waals surface area contributed by atoms with E-state index in [-0.39, 0.29) is 36.5 Å². The first kappa shape index (κ1) is 71.7. The van der Waals surface area contributed by atoms with Gasteiger partial charge >= 0.3 is 29.8 Å². The van der Waals surface area contributed by atoms with E-state index in [1.807, 2.05) is 48.5 Å². The molecule has 0 aliphatic carbocycles. The minimum absolute atomic E-state index is 0.0767. The molecule has 0 aliphatic rings. The van der Waals surface area contributed by atoms with Gasteiger partial charge in [0.1, 0.15) is 28.7 Å². The van der Waals surface area contributed by atoms with Gasteiger partial charge in [0.15, 0.2) is 0 Å². The zero-order valence-electron chi connectivity index (χ0n) is 57.3. The van der Waals surface area contributed by atoms with E-state index in [0.717, 1.165) is 118 Å². The molecule has 0 N–H and O–H groups in total. The molecule has 0 amide bonds. The van der Waals surface area contributed by atoms with Crippen LogP contribution in [-0.4, -0.2) is 56.3 Å². The fourth-order valence-corrected chi connectivity index (χ4v) is 12.5. The molecule has 0 radical (unpaired) electrons. The molecule has 0 saturated heterocycles. The summed E-state index contributed by atoms with van der Waals surface area (Å²) in [7, 11) is 0. The number of aryl methyl sites for hydroxylation is 1. The maximum absolute atomic E-state index is 13.6. The van der Waals surface area contributed by atoms with Gasteiger partial charge in [-0.15, -0.1) is 0 Å². The van der Waals surface area contributed by atoms with E-state index in [2.05, 4.69) is 66.7 Å². The van der Waals surface area contributed by atoms with Crippen molar-refractivity contribution < 1.29 is 57.1 Å². The fraction of sp³-hybridized carbons (Fsp3) is 0.261. The molecule has 14 nitrogen and oxygen atoms in total. The molecular formula is C88H82N2O12. The number of benzene rings is 11. The number of hydrogen-bond acceptors (Lipinski definition) is 14. The van der Waals surface area contributed by atoms with E-state index in [1.54, 1.807) is 97.1 Å². The fourth-order valence-electron chi connectivity index (χ4n) is 12.5. The predicted octanol–water partition coefficient (Wildman–Crippen LogP) is 20.7. The first-order chi connectivity index (χ1) is 50.0. The number of hydrogen-bond donors (Lipinski definition) is 0. The second-order valence-corrected chi connectivity index (χ2v) is 25.5. The Morgan fingerprint density at radius 1 is 0.304 bits per heavy atom. The molecule has 0 aromatic heterocycles. The number of unbranched alkanes of at least 4 members (excludes halogenated alkanes) is 14. The van der Waals surface area contributed by atoms with E-state index in [4.69, 9.17) is 43.7 Å². The molecule has 102 heavy (non-hydrogen) atoms. The Hall–Kier alpha value is -11.6. The maximum Gasteiger partial charge on any atom is 0.343 e. The van der Waals surface area contributed by atoms with Crippen molar-refractivity contribution in [3.63, 3.8) is 0 Å². The molecule has 0 bridgehead atoms. The van der Waals surface area contributed by atoms with Gasteiger partial charge < -0.3 is 33.2 Å². The molecule has 0 atom stereocenters. The second kappa shape index (κ2) is 37.0. The van der Waals surface area contributed by atoms with Gasteiger partial charge in [-0.2, -0.15) is 10.5 Å². The molecule has 516 valence electrons. The highest BCUT2D eigenvalue weighted by atomic mass is 16.6. The third-order valence-electron chi connectivity index (χ3n) is 18.1. The Bertz CT molecular complexity index is 4460. The average Bonchev–Trinajstić information content (AvgIpc) is 0.742. The van der Waals surface area contributed by atoms with Crippen LogP contribution >= 0.6 is 0 Å². The largest absolute Gasteiger partial charge is 0.494 e. The van der Waals surface area contributed by atoms with E-state index in [1.165, 1.54) is 50.5 Å². The van der Waals surface area contributed by atoms with Gasteiger partial charge in [-0.1, -0.05) is 180 Å². The van der Waals surface area contributed by atoms with Crippen molar-refractivity contribution in [1.82, 2.24) is 0 Å². The number of carbonyl (C=O) groups excluding carboxylic acids is 5. The zero-order chi connectivity index (χ0) is 70.7. The Morgan fingerprint density at radius 2 is 0.676 bits per heavy atom. The lowest BCUT2D eigenvalue weighted by Crippen LogP contribution is -2.13. The summed E-state index contributed by atoms with van der Waals surface area (Å²) < 4.78 is 40.4. The first-order valence-corrected chi connectivity index (χ1v) is 35.5. The van der Waals surface area contributed by atoms with Crippen LogP contribution in [0, 0.1) is 22.7 Å². The third-order valence-corrected chi connectivity index (χ3v) is 18.1. The molecule has 0 saturated carbocycles. The summed E-state index contributed by atoms with van der Waals surface area (Å²) in [6, 6.07) is 70.8. The quantitative estimate of drug-likeness (QED) is 0.0154. The van der Waals surface area contributed by atoms with Crippen molar-refractivity contribution in [2.24, 2.45) is 0 Å². The van der Waals surface area contributed by atoms with E-state index < -0.39 is 29.8 Å². The molecule has 11 aromatic rings. The van der Waals surface area contributed by atoms with Crippen LogP contribution in [-0.2, 0) is 20.7 Å². The zero-order valence-corrected chi connectivity index (χ0v) is 57.3. The van der Waals surface area contributed by atoms with Crippen LogP contribution in [0.4, 0.5) is 0 Å². The Labute approximate surface area is 595 Å². The molecule has 0 unspecified atom stereocenters. The Morgan fingerprint density at radius 3 is 1.11 bits per heavy atom. The Kier molecular flexibility index (Phi) is 26.0. The Balaban J connectivity index is 0.563. The molecule has 0 spiro atoms. The summed E-state index contributed by atoms with van der Waals surface area (Å²) in [5.74, 6) is -0.315. The highest BCUT2D eigenvalue weighted by molar-refractivity contribution is 6.23. The summed E-state index contributed by atoms with van der Waals surface area (Å²) in [5.41, 5.74) is 7.20. The summed E-state index contributed by atoms with van der Waals surface area (Å²) in [4.78, 5) is 66.4. The summed E-state index contributed by atoms with van der Waals surface area (Å²) >= 11 is 0. The normalized spacial score (nSPS) is 11.0. The molecule has 0 fully saturated rings. The number of esters is 5. The standard InChI is InChI=1S/C88H82N2O12/c89-60-62-23-27-64(28-24-62)66-35-48-78(49-36-66)101-87(94)72-39-44-76(45-40-72)96-53-13-9-5-1-3-7-11-15-55-98-85(92)74-57-75(59-80(58-74)100-82(91)22-18-19-68-31-32-71-34-33-69-20-17-21-70-43-52-81(68)84(71)83(69)70)86(93)99-56-16-12-8-4-2-6-10-14-54-97-77-46-41-73(42-47-77)88(95)102-79-50-37-67(38-51-79)65-29-25-63(61-90)26-30-65/h17,20-21,23-52,57-59H,1-16,18-19,22,53-56H2. The van der Waals surface area contributed by atoms with Crippen molar-refractivity contribution in [2.75, 3.05) is 26.4 Å². The van der Waals surface area contributed by atoms with Crippen LogP contribution in [0.15, 0.2) is 218 Å². The van der Waals surface area contributed by atoms with Crippen molar-refractivity contribution in [2.45, 2.75) is 122 Å². The molecule has 0 heterocycles. The lowest BCUT2D eigenvalue weighted by molar-refractivity contribution is -0.134. The third kappa shape index (κ3) is 20.5. The smallest absolute Gasteiger partial charge is 0.343 e.